The lowest BCUT2D eigenvalue weighted by molar-refractivity contribution is 0.307. The van der Waals surface area contributed by atoms with Crippen molar-refractivity contribution in [3.8, 4) is 17.2 Å². The number of halogens is 1. The van der Waals surface area contributed by atoms with E-state index in [2.05, 4.69) is 10.1 Å². The Kier molecular flexibility index (Phi) is 5.81. The fraction of sp³-hybridized carbons (Fsp3) is 0.333. The highest BCUT2D eigenvalue weighted by Crippen LogP contribution is 2.33. The van der Waals surface area contributed by atoms with Gasteiger partial charge in [-0.15, -0.1) is 0 Å². The molecule has 0 radical (unpaired) electrons. The Morgan fingerprint density at radius 2 is 1.93 bits per heavy atom. The molecule has 0 amide bonds. The topological polar surface area (TPSA) is 85.5 Å². The number of methoxy groups -OCH3 is 1. The molecule has 0 atom stereocenters. The smallest absolute Gasteiger partial charge is 0.257 e. The van der Waals surface area contributed by atoms with Gasteiger partial charge in [-0.3, -0.25) is 0 Å². The molecule has 30 heavy (non-hydrogen) atoms. The average molecular weight is 448 g/mol. The van der Waals surface area contributed by atoms with Gasteiger partial charge in [0.15, 0.2) is 5.82 Å². The standard InChI is InChI=1S/C21H22ClN3O4S/c1-14-4-3-5-16(12-14)21-23-20(24-29-21)15-8-10-25(11-9-15)30(26,27)17-6-7-19(28-2)18(22)13-17/h3-7,12-13,15H,8-11H2,1-2H3. The molecule has 9 heteroatoms. The average Bonchev–Trinajstić information content (AvgIpc) is 3.24. The molecule has 0 saturated carbocycles. The van der Waals surface area contributed by atoms with E-state index in [-0.39, 0.29) is 15.8 Å². The summed E-state index contributed by atoms with van der Waals surface area (Å²) >= 11 is 6.11. The molecule has 2 heterocycles. The van der Waals surface area contributed by atoms with Crippen LogP contribution in [0.15, 0.2) is 51.9 Å². The van der Waals surface area contributed by atoms with Crippen LogP contribution in [0.25, 0.3) is 11.5 Å². The predicted octanol–water partition coefficient (Wildman–Crippen LogP) is 4.28. The van der Waals surface area contributed by atoms with Crippen molar-refractivity contribution < 1.29 is 17.7 Å². The summed E-state index contributed by atoms with van der Waals surface area (Å²) in [5.74, 6) is 1.60. The van der Waals surface area contributed by atoms with Crippen LogP contribution in [0.2, 0.25) is 5.02 Å². The number of hydrogen-bond donors (Lipinski definition) is 0. The number of hydrogen-bond acceptors (Lipinski definition) is 6. The molecule has 1 fully saturated rings. The summed E-state index contributed by atoms with van der Waals surface area (Å²) in [6.45, 7) is 2.77. The zero-order valence-electron chi connectivity index (χ0n) is 16.7. The lowest BCUT2D eigenvalue weighted by atomic mass is 9.97. The number of aromatic nitrogens is 2. The number of benzene rings is 2. The van der Waals surface area contributed by atoms with E-state index in [9.17, 15) is 8.42 Å². The van der Waals surface area contributed by atoms with Crippen LogP contribution >= 0.6 is 11.6 Å². The molecule has 1 aliphatic heterocycles. The Morgan fingerprint density at radius 1 is 1.17 bits per heavy atom. The minimum Gasteiger partial charge on any atom is -0.495 e. The van der Waals surface area contributed by atoms with Crippen LogP contribution < -0.4 is 4.74 Å². The molecule has 0 spiro atoms. The third kappa shape index (κ3) is 4.08. The van der Waals surface area contributed by atoms with E-state index in [4.69, 9.17) is 20.9 Å². The second kappa shape index (κ2) is 8.37. The van der Waals surface area contributed by atoms with E-state index < -0.39 is 10.0 Å². The van der Waals surface area contributed by atoms with Gasteiger partial charge in [0.25, 0.3) is 5.89 Å². The van der Waals surface area contributed by atoms with E-state index in [1.165, 1.54) is 23.5 Å². The maximum Gasteiger partial charge on any atom is 0.257 e. The van der Waals surface area contributed by atoms with Crippen LogP contribution in [0.1, 0.15) is 30.1 Å². The number of rotatable bonds is 5. The first-order chi connectivity index (χ1) is 14.4. The largest absolute Gasteiger partial charge is 0.495 e. The van der Waals surface area contributed by atoms with Gasteiger partial charge in [0, 0.05) is 24.6 Å². The van der Waals surface area contributed by atoms with Gasteiger partial charge < -0.3 is 9.26 Å². The Hall–Kier alpha value is -2.42. The second-order valence-corrected chi connectivity index (χ2v) is 9.65. The van der Waals surface area contributed by atoms with Gasteiger partial charge in [-0.1, -0.05) is 34.5 Å². The van der Waals surface area contributed by atoms with Crippen molar-refractivity contribution in [3.05, 3.63) is 58.9 Å². The van der Waals surface area contributed by atoms with Crippen molar-refractivity contribution in [1.82, 2.24) is 14.4 Å². The Bertz CT molecular complexity index is 1150. The van der Waals surface area contributed by atoms with E-state index in [0.29, 0.717) is 43.4 Å². The molecule has 2 aromatic carbocycles. The summed E-state index contributed by atoms with van der Waals surface area (Å²) in [7, 11) is -2.14. The van der Waals surface area contributed by atoms with Crippen LogP contribution in [-0.2, 0) is 10.0 Å². The molecule has 158 valence electrons. The van der Waals surface area contributed by atoms with Crippen molar-refractivity contribution in [3.63, 3.8) is 0 Å². The summed E-state index contributed by atoms with van der Waals surface area (Å²) in [4.78, 5) is 4.70. The van der Waals surface area contributed by atoms with Gasteiger partial charge >= 0.3 is 0 Å². The first kappa shape index (κ1) is 20.8. The number of ether oxygens (including phenoxy) is 1. The molecular formula is C21H22ClN3O4S. The van der Waals surface area contributed by atoms with E-state index in [1.54, 1.807) is 6.07 Å². The van der Waals surface area contributed by atoms with Crippen molar-refractivity contribution in [1.29, 1.82) is 0 Å². The van der Waals surface area contributed by atoms with Crippen LogP contribution in [0.3, 0.4) is 0 Å². The van der Waals surface area contributed by atoms with Crippen LogP contribution in [0.4, 0.5) is 0 Å². The number of nitrogens with zero attached hydrogens (tertiary/aromatic N) is 3. The molecule has 4 rings (SSSR count). The van der Waals surface area contributed by atoms with E-state index in [0.717, 1.165) is 11.1 Å². The first-order valence-corrected chi connectivity index (χ1v) is 11.4. The van der Waals surface area contributed by atoms with Gasteiger partial charge in [-0.05, 0) is 50.1 Å². The molecule has 0 N–H and O–H groups in total. The zero-order valence-corrected chi connectivity index (χ0v) is 18.3. The minimum absolute atomic E-state index is 0.0539. The van der Waals surface area contributed by atoms with Gasteiger partial charge in [0.05, 0.1) is 17.0 Å². The number of piperidine rings is 1. The first-order valence-electron chi connectivity index (χ1n) is 9.63. The SMILES string of the molecule is COc1ccc(S(=O)(=O)N2CCC(c3noc(-c4cccc(C)c4)n3)CC2)cc1Cl. The van der Waals surface area contributed by atoms with Gasteiger partial charge in [-0.25, -0.2) is 8.42 Å². The van der Waals surface area contributed by atoms with Crippen LogP contribution in [0, 0.1) is 6.92 Å². The summed E-state index contributed by atoms with van der Waals surface area (Å²) in [5.41, 5.74) is 1.99. The summed E-state index contributed by atoms with van der Waals surface area (Å²) in [6.07, 6.45) is 1.24. The fourth-order valence-corrected chi connectivity index (χ4v) is 5.43. The van der Waals surface area contributed by atoms with Crippen LogP contribution in [0.5, 0.6) is 5.75 Å². The highest BCUT2D eigenvalue weighted by Gasteiger charge is 2.32. The Morgan fingerprint density at radius 3 is 2.60 bits per heavy atom. The molecule has 0 bridgehead atoms. The molecule has 1 saturated heterocycles. The normalized spacial score (nSPS) is 16.0. The van der Waals surface area contributed by atoms with Crippen molar-refractivity contribution >= 4 is 21.6 Å². The number of aryl methyl sites for hydroxylation is 1. The molecule has 1 aliphatic rings. The van der Waals surface area contributed by atoms with Crippen molar-refractivity contribution in [2.75, 3.05) is 20.2 Å². The summed E-state index contributed by atoms with van der Waals surface area (Å²) in [5, 5.41) is 4.40. The van der Waals surface area contributed by atoms with Gasteiger partial charge in [-0.2, -0.15) is 9.29 Å². The lowest BCUT2D eigenvalue weighted by Crippen LogP contribution is -2.38. The Balaban J connectivity index is 1.46. The minimum atomic E-state index is -3.63. The monoisotopic (exact) mass is 447 g/mol. The quantitative estimate of drug-likeness (QED) is 0.580. The molecule has 3 aromatic rings. The fourth-order valence-electron chi connectivity index (χ4n) is 3.61. The highest BCUT2D eigenvalue weighted by atomic mass is 35.5. The molecule has 7 nitrogen and oxygen atoms in total. The molecule has 0 aliphatic carbocycles. The maximum atomic E-state index is 13.0. The summed E-state index contributed by atoms with van der Waals surface area (Å²) in [6, 6.07) is 12.4. The van der Waals surface area contributed by atoms with E-state index in [1.807, 2.05) is 31.2 Å². The van der Waals surface area contributed by atoms with Gasteiger partial charge in [0.1, 0.15) is 5.75 Å². The highest BCUT2D eigenvalue weighted by molar-refractivity contribution is 7.89. The predicted molar refractivity (Wildman–Crippen MR) is 113 cm³/mol. The molecule has 0 unspecified atom stereocenters. The van der Waals surface area contributed by atoms with Crippen molar-refractivity contribution in [2.24, 2.45) is 0 Å². The second-order valence-electron chi connectivity index (χ2n) is 7.30. The lowest BCUT2D eigenvalue weighted by Gasteiger charge is -2.29. The van der Waals surface area contributed by atoms with E-state index >= 15 is 0 Å². The summed E-state index contributed by atoms with van der Waals surface area (Å²) < 4.78 is 38.0. The van der Waals surface area contributed by atoms with Crippen molar-refractivity contribution in [2.45, 2.75) is 30.6 Å². The third-order valence-electron chi connectivity index (χ3n) is 5.29. The maximum absolute atomic E-state index is 13.0. The zero-order chi connectivity index (χ0) is 21.3. The third-order valence-corrected chi connectivity index (χ3v) is 7.48. The number of sulfonamides is 1. The van der Waals surface area contributed by atoms with Crippen LogP contribution in [-0.4, -0.2) is 43.1 Å². The molecular weight excluding hydrogens is 426 g/mol. The molecule has 1 aromatic heterocycles. The Labute approximate surface area is 180 Å². The van der Waals surface area contributed by atoms with Gasteiger partial charge in [0.2, 0.25) is 10.0 Å².